The average Bonchev–Trinajstić information content (AvgIpc) is 3.30. The zero-order valence-corrected chi connectivity index (χ0v) is 14.9. The summed E-state index contributed by atoms with van der Waals surface area (Å²) < 4.78 is 16.4. The molecule has 1 saturated carbocycles. The minimum absolute atomic E-state index is 0.00757. The van der Waals surface area contributed by atoms with Crippen molar-refractivity contribution < 1.29 is 24.1 Å². The Morgan fingerprint density at radius 3 is 2.60 bits per heavy atom. The van der Waals surface area contributed by atoms with Gasteiger partial charge in [-0.3, -0.25) is 0 Å². The standard InChI is InChI=1S/C19H27NO5/c1-23-17-8-7-13(9-18(17)25-15-5-3-4-6-15)16-11-20(19(22)24-2)10-14(16)12-21/h7-9,14-16,21H,3-6,10-12H2,1-2H3. The second kappa shape index (κ2) is 7.95. The molecule has 3 rings (SSSR count). The summed E-state index contributed by atoms with van der Waals surface area (Å²) in [6.07, 6.45) is 4.45. The predicted octanol–water partition coefficient (Wildman–Crippen LogP) is 2.79. The number of amides is 1. The number of hydrogen-bond acceptors (Lipinski definition) is 5. The van der Waals surface area contributed by atoms with E-state index in [4.69, 9.17) is 14.2 Å². The second-order valence-corrected chi connectivity index (χ2v) is 6.86. The highest BCUT2D eigenvalue weighted by molar-refractivity contribution is 5.68. The topological polar surface area (TPSA) is 68.2 Å². The van der Waals surface area contributed by atoms with Gasteiger partial charge in [0.1, 0.15) is 0 Å². The van der Waals surface area contributed by atoms with Crippen molar-refractivity contribution in [3.05, 3.63) is 23.8 Å². The van der Waals surface area contributed by atoms with E-state index in [9.17, 15) is 9.90 Å². The van der Waals surface area contributed by atoms with Gasteiger partial charge < -0.3 is 24.2 Å². The average molecular weight is 349 g/mol. The van der Waals surface area contributed by atoms with E-state index in [1.54, 1.807) is 12.0 Å². The van der Waals surface area contributed by atoms with Gasteiger partial charge in [-0.05, 0) is 43.4 Å². The van der Waals surface area contributed by atoms with Crippen LogP contribution in [0.1, 0.15) is 37.2 Å². The molecule has 1 aromatic carbocycles. The molecule has 1 amide bonds. The summed E-state index contributed by atoms with van der Waals surface area (Å²) in [7, 11) is 3.02. The number of carbonyl (C=O) groups excluding carboxylic acids is 1. The Morgan fingerprint density at radius 2 is 1.96 bits per heavy atom. The van der Waals surface area contributed by atoms with Crippen LogP contribution in [0.5, 0.6) is 11.5 Å². The van der Waals surface area contributed by atoms with Crippen LogP contribution < -0.4 is 9.47 Å². The number of benzene rings is 1. The number of carbonyl (C=O) groups is 1. The molecule has 0 radical (unpaired) electrons. The summed E-state index contributed by atoms with van der Waals surface area (Å²) >= 11 is 0. The summed E-state index contributed by atoms with van der Waals surface area (Å²) in [6.45, 7) is 1.06. The van der Waals surface area contributed by atoms with Gasteiger partial charge in [-0.2, -0.15) is 0 Å². The molecule has 2 aliphatic rings. The zero-order valence-electron chi connectivity index (χ0n) is 14.9. The zero-order chi connectivity index (χ0) is 17.8. The van der Waals surface area contributed by atoms with Crippen molar-refractivity contribution in [3.63, 3.8) is 0 Å². The molecule has 1 aliphatic carbocycles. The highest BCUT2D eigenvalue weighted by Crippen LogP contribution is 2.38. The van der Waals surface area contributed by atoms with E-state index in [1.165, 1.54) is 20.0 Å². The fourth-order valence-corrected chi connectivity index (χ4v) is 3.91. The van der Waals surface area contributed by atoms with Gasteiger partial charge in [-0.15, -0.1) is 0 Å². The van der Waals surface area contributed by atoms with Crippen molar-refractivity contribution in [1.29, 1.82) is 0 Å². The Morgan fingerprint density at radius 1 is 1.20 bits per heavy atom. The van der Waals surface area contributed by atoms with Crippen LogP contribution in [0.3, 0.4) is 0 Å². The van der Waals surface area contributed by atoms with Crippen LogP contribution in [0.25, 0.3) is 0 Å². The SMILES string of the molecule is COC(=O)N1CC(CO)C(c2ccc(OC)c(OC3CCCC3)c2)C1. The number of aliphatic hydroxyl groups excluding tert-OH is 1. The minimum atomic E-state index is -0.350. The Hall–Kier alpha value is -1.95. The number of rotatable bonds is 5. The first-order valence-electron chi connectivity index (χ1n) is 8.94. The summed E-state index contributed by atoms with van der Waals surface area (Å²) in [5.41, 5.74) is 1.05. The van der Waals surface area contributed by atoms with Crippen molar-refractivity contribution in [2.75, 3.05) is 33.9 Å². The minimum Gasteiger partial charge on any atom is -0.493 e. The van der Waals surface area contributed by atoms with Crippen molar-refractivity contribution in [3.8, 4) is 11.5 Å². The van der Waals surface area contributed by atoms with Crippen LogP contribution in [0, 0.1) is 5.92 Å². The van der Waals surface area contributed by atoms with E-state index in [0.29, 0.717) is 13.1 Å². The molecule has 2 fully saturated rings. The normalized spacial score (nSPS) is 23.7. The highest BCUT2D eigenvalue weighted by atomic mass is 16.5. The largest absolute Gasteiger partial charge is 0.493 e. The molecular formula is C19H27NO5. The van der Waals surface area contributed by atoms with Crippen LogP contribution in [0.15, 0.2) is 18.2 Å². The predicted molar refractivity (Wildman–Crippen MR) is 93.2 cm³/mol. The van der Waals surface area contributed by atoms with E-state index in [2.05, 4.69) is 0 Å². The lowest BCUT2D eigenvalue weighted by molar-refractivity contribution is 0.129. The van der Waals surface area contributed by atoms with E-state index < -0.39 is 0 Å². The van der Waals surface area contributed by atoms with E-state index >= 15 is 0 Å². The molecule has 0 spiro atoms. The quantitative estimate of drug-likeness (QED) is 0.885. The fourth-order valence-electron chi connectivity index (χ4n) is 3.91. The first-order valence-corrected chi connectivity index (χ1v) is 8.94. The van der Waals surface area contributed by atoms with Gasteiger partial charge in [0.15, 0.2) is 11.5 Å². The Bertz CT molecular complexity index is 599. The molecule has 1 aliphatic heterocycles. The molecule has 1 heterocycles. The third-order valence-electron chi connectivity index (χ3n) is 5.32. The van der Waals surface area contributed by atoms with Gasteiger partial charge in [0, 0.05) is 31.5 Å². The number of methoxy groups -OCH3 is 2. The Balaban J connectivity index is 1.81. The molecule has 1 saturated heterocycles. The lowest BCUT2D eigenvalue weighted by Gasteiger charge is -2.20. The van der Waals surface area contributed by atoms with Crippen molar-refractivity contribution in [1.82, 2.24) is 4.90 Å². The molecule has 0 aromatic heterocycles. The molecule has 6 heteroatoms. The second-order valence-electron chi connectivity index (χ2n) is 6.86. The number of aliphatic hydroxyl groups is 1. The summed E-state index contributed by atoms with van der Waals surface area (Å²) in [5.74, 6) is 1.52. The van der Waals surface area contributed by atoms with Gasteiger partial charge in [0.25, 0.3) is 0 Å². The van der Waals surface area contributed by atoms with Crippen LogP contribution >= 0.6 is 0 Å². The summed E-state index contributed by atoms with van der Waals surface area (Å²) in [5, 5.41) is 9.74. The molecule has 6 nitrogen and oxygen atoms in total. The van der Waals surface area contributed by atoms with Gasteiger partial charge in [0.2, 0.25) is 0 Å². The van der Waals surface area contributed by atoms with Gasteiger partial charge in [0.05, 0.1) is 20.3 Å². The first kappa shape index (κ1) is 17.9. The molecule has 138 valence electrons. The monoisotopic (exact) mass is 349 g/mol. The van der Waals surface area contributed by atoms with E-state index in [1.807, 2.05) is 18.2 Å². The smallest absolute Gasteiger partial charge is 0.409 e. The highest BCUT2D eigenvalue weighted by Gasteiger charge is 2.36. The molecule has 0 bridgehead atoms. The molecule has 1 aromatic rings. The third kappa shape index (κ3) is 3.84. The van der Waals surface area contributed by atoms with Crippen molar-refractivity contribution in [2.24, 2.45) is 5.92 Å². The molecule has 2 unspecified atom stereocenters. The van der Waals surface area contributed by atoms with Crippen LogP contribution in [0.4, 0.5) is 4.79 Å². The van der Waals surface area contributed by atoms with Crippen LogP contribution in [0.2, 0.25) is 0 Å². The Labute approximate surface area is 148 Å². The molecule has 25 heavy (non-hydrogen) atoms. The van der Waals surface area contributed by atoms with Gasteiger partial charge in [-0.25, -0.2) is 4.79 Å². The lowest BCUT2D eigenvalue weighted by Crippen LogP contribution is -2.28. The number of ether oxygens (including phenoxy) is 3. The lowest BCUT2D eigenvalue weighted by atomic mass is 9.89. The fraction of sp³-hybridized carbons (Fsp3) is 0.632. The number of likely N-dealkylation sites (tertiary alicyclic amines) is 1. The molecule has 2 atom stereocenters. The summed E-state index contributed by atoms with van der Waals surface area (Å²) in [4.78, 5) is 13.5. The molecular weight excluding hydrogens is 322 g/mol. The number of nitrogens with zero attached hydrogens (tertiary/aromatic N) is 1. The van der Waals surface area contributed by atoms with E-state index in [-0.39, 0.29) is 30.6 Å². The Kier molecular flexibility index (Phi) is 5.68. The third-order valence-corrected chi connectivity index (χ3v) is 5.32. The maximum absolute atomic E-state index is 11.8. The van der Waals surface area contributed by atoms with Crippen molar-refractivity contribution >= 4 is 6.09 Å². The maximum Gasteiger partial charge on any atom is 0.409 e. The van der Waals surface area contributed by atoms with Gasteiger partial charge in [-0.1, -0.05) is 6.07 Å². The number of hydrogen-bond donors (Lipinski definition) is 1. The van der Waals surface area contributed by atoms with Crippen LogP contribution in [-0.2, 0) is 4.74 Å². The summed E-state index contributed by atoms with van der Waals surface area (Å²) in [6, 6.07) is 5.91. The van der Waals surface area contributed by atoms with Gasteiger partial charge >= 0.3 is 6.09 Å². The first-order chi connectivity index (χ1) is 12.2. The maximum atomic E-state index is 11.8. The van der Waals surface area contributed by atoms with Crippen molar-refractivity contribution in [2.45, 2.75) is 37.7 Å². The van der Waals surface area contributed by atoms with E-state index in [0.717, 1.165) is 29.9 Å². The molecule has 1 N–H and O–H groups in total. The van der Waals surface area contributed by atoms with Crippen LogP contribution in [-0.4, -0.2) is 56.1 Å².